The third-order valence-electron chi connectivity index (χ3n) is 3.80. The summed E-state index contributed by atoms with van der Waals surface area (Å²) < 4.78 is 0.769. The fourth-order valence-electron chi connectivity index (χ4n) is 2.57. The predicted molar refractivity (Wildman–Crippen MR) is 86.4 cm³/mol. The molecule has 0 saturated carbocycles. The van der Waals surface area contributed by atoms with Crippen molar-refractivity contribution in [2.75, 3.05) is 19.6 Å². The minimum absolute atomic E-state index is 0.0796. The van der Waals surface area contributed by atoms with E-state index in [0.717, 1.165) is 17.6 Å². The number of nitrogens with zero attached hydrogens (tertiary/aromatic N) is 1. The Bertz CT molecular complexity index is 481. The van der Waals surface area contributed by atoms with Gasteiger partial charge >= 0.3 is 0 Å². The summed E-state index contributed by atoms with van der Waals surface area (Å²) >= 11 is 9.31. The average Bonchev–Trinajstić information content (AvgIpc) is 2.43. The van der Waals surface area contributed by atoms with Crippen molar-refractivity contribution in [1.29, 1.82) is 0 Å². The molecule has 0 bridgehead atoms. The van der Waals surface area contributed by atoms with Crippen molar-refractivity contribution in [3.63, 3.8) is 0 Å². The second-order valence-electron chi connectivity index (χ2n) is 5.26. The van der Waals surface area contributed by atoms with Gasteiger partial charge in [0.25, 0.3) is 5.91 Å². The van der Waals surface area contributed by atoms with E-state index in [4.69, 9.17) is 11.6 Å². The Kier molecular flexibility index (Phi) is 5.87. The zero-order valence-electron chi connectivity index (χ0n) is 11.7. The van der Waals surface area contributed by atoms with E-state index in [1.807, 2.05) is 0 Å². The van der Waals surface area contributed by atoms with Gasteiger partial charge in [-0.15, -0.1) is 0 Å². The van der Waals surface area contributed by atoms with Gasteiger partial charge in [-0.3, -0.25) is 9.69 Å². The first-order valence-electron chi connectivity index (χ1n) is 7.05. The Morgan fingerprint density at radius 1 is 1.50 bits per heavy atom. The average molecular weight is 360 g/mol. The number of nitrogens with one attached hydrogen (secondary N) is 1. The molecule has 0 spiro atoms. The van der Waals surface area contributed by atoms with Crippen LogP contribution < -0.4 is 5.32 Å². The molecule has 0 aliphatic carbocycles. The van der Waals surface area contributed by atoms with Gasteiger partial charge in [-0.25, -0.2) is 0 Å². The topological polar surface area (TPSA) is 32.3 Å². The first-order valence-corrected chi connectivity index (χ1v) is 8.22. The van der Waals surface area contributed by atoms with Gasteiger partial charge in [0.05, 0.1) is 5.56 Å². The van der Waals surface area contributed by atoms with Crippen molar-refractivity contribution >= 4 is 33.4 Å². The highest BCUT2D eigenvalue weighted by molar-refractivity contribution is 9.10. The molecule has 1 atom stereocenters. The number of hydrogen-bond acceptors (Lipinski definition) is 2. The highest BCUT2D eigenvalue weighted by atomic mass is 79.9. The second kappa shape index (κ2) is 7.43. The van der Waals surface area contributed by atoms with Gasteiger partial charge < -0.3 is 5.32 Å². The monoisotopic (exact) mass is 358 g/mol. The maximum atomic E-state index is 12.1. The molecule has 1 aromatic rings. The molecule has 20 heavy (non-hydrogen) atoms. The van der Waals surface area contributed by atoms with Crippen LogP contribution in [0.15, 0.2) is 22.7 Å². The molecule has 5 heteroatoms. The molecular weight excluding hydrogens is 340 g/mol. The largest absolute Gasteiger partial charge is 0.351 e. The molecule has 110 valence electrons. The summed E-state index contributed by atoms with van der Waals surface area (Å²) in [5.41, 5.74) is 0.587. The van der Waals surface area contributed by atoms with Crippen LogP contribution in [0.2, 0.25) is 5.02 Å². The maximum absolute atomic E-state index is 12.1. The lowest BCUT2D eigenvalue weighted by Gasteiger charge is -2.33. The van der Waals surface area contributed by atoms with Crippen LogP contribution in [0.1, 0.15) is 36.5 Å². The number of hydrogen-bond donors (Lipinski definition) is 1. The van der Waals surface area contributed by atoms with E-state index in [2.05, 4.69) is 33.1 Å². The zero-order valence-corrected chi connectivity index (χ0v) is 14.0. The molecule has 2 rings (SSSR count). The lowest BCUT2D eigenvalue weighted by Crippen LogP contribution is -2.42. The molecule has 1 aromatic carbocycles. The van der Waals surface area contributed by atoms with Gasteiger partial charge in [0.2, 0.25) is 0 Å². The Morgan fingerprint density at radius 2 is 2.30 bits per heavy atom. The summed E-state index contributed by atoms with van der Waals surface area (Å²) in [5, 5.41) is 3.54. The summed E-state index contributed by atoms with van der Waals surface area (Å²) in [5.74, 6) is -0.0796. The summed E-state index contributed by atoms with van der Waals surface area (Å²) in [6.07, 6.45) is 3.84. The maximum Gasteiger partial charge on any atom is 0.252 e. The first kappa shape index (κ1) is 15.8. The molecule has 1 N–H and O–H groups in total. The van der Waals surface area contributed by atoms with Gasteiger partial charge in [-0.1, -0.05) is 18.0 Å². The van der Waals surface area contributed by atoms with Gasteiger partial charge in [-0.2, -0.15) is 0 Å². The summed E-state index contributed by atoms with van der Waals surface area (Å²) in [7, 11) is 0. The SMILES string of the molecule is CC1CCCCN1CCNC(=O)c1cc(Cl)ccc1Br. The molecule has 1 saturated heterocycles. The minimum Gasteiger partial charge on any atom is -0.351 e. The Labute approximate surface area is 133 Å². The lowest BCUT2D eigenvalue weighted by molar-refractivity contribution is 0.0937. The van der Waals surface area contributed by atoms with Crippen LogP contribution in [0.3, 0.4) is 0 Å². The molecular formula is C15H20BrClN2O. The fraction of sp³-hybridized carbons (Fsp3) is 0.533. The smallest absolute Gasteiger partial charge is 0.252 e. The van der Waals surface area contributed by atoms with E-state index in [-0.39, 0.29) is 5.91 Å². The Morgan fingerprint density at radius 3 is 3.05 bits per heavy atom. The Hall–Kier alpha value is -0.580. The summed E-state index contributed by atoms with van der Waals surface area (Å²) in [4.78, 5) is 14.6. The molecule has 1 fully saturated rings. The van der Waals surface area contributed by atoms with Crippen molar-refractivity contribution in [2.24, 2.45) is 0 Å². The highest BCUT2D eigenvalue weighted by Gasteiger charge is 2.18. The second-order valence-corrected chi connectivity index (χ2v) is 6.55. The predicted octanol–water partition coefficient (Wildman–Crippen LogP) is 3.71. The number of benzene rings is 1. The number of amides is 1. The third kappa shape index (κ3) is 4.21. The molecule has 1 amide bonds. The molecule has 1 unspecified atom stereocenters. The molecule has 1 heterocycles. The van der Waals surface area contributed by atoms with Gasteiger partial charge in [-0.05, 0) is 60.4 Å². The third-order valence-corrected chi connectivity index (χ3v) is 4.72. The fourth-order valence-corrected chi connectivity index (χ4v) is 3.17. The van der Waals surface area contributed by atoms with Crippen molar-refractivity contribution in [3.8, 4) is 0 Å². The summed E-state index contributed by atoms with van der Waals surface area (Å²) in [6.45, 7) is 4.97. The first-order chi connectivity index (χ1) is 9.58. The summed E-state index contributed by atoms with van der Waals surface area (Å²) in [6, 6.07) is 5.87. The van der Waals surface area contributed by atoms with E-state index >= 15 is 0 Å². The van der Waals surface area contributed by atoms with Crippen molar-refractivity contribution < 1.29 is 4.79 Å². The standard InChI is InChI=1S/C15H20BrClN2O/c1-11-4-2-3-8-19(11)9-7-18-15(20)13-10-12(17)5-6-14(13)16/h5-6,10-11H,2-4,7-9H2,1H3,(H,18,20). The zero-order chi connectivity index (χ0) is 14.5. The number of halogens is 2. The number of likely N-dealkylation sites (tertiary alicyclic amines) is 1. The Balaban J connectivity index is 1.84. The van der Waals surface area contributed by atoms with E-state index in [1.165, 1.54) is 19.3 Å². The molecule has 0 radical (unpaired) electrons. The van der Waals surface area contributed by atoms with Crippen molar-refractivity contribution in [1.82, 2.24) is 10.2 Å². The molecule has 0 aromatic heterocycles. The van der Waals surface area contributed by atoms with Crippen molar-refractivity contribution in [3.05, 3.63) is 33.3 Å². The van der Waals surface area contributed by atoms with Gasteiger partial charge in [0.1, 0.15) is 0 Å². The van der Waals surface area contributed by atoms with Crippen LogP contribution >= 0.6 is 27.5 Å². The minimum atomic E-state index is -0.0796. The quantitative estimate of drug-likeness (QED) is 0.889. The van der Waals surface area contributed by atoms with E-state index in [1.54, 1.807) is 18.2 Å². The number of rotatable bonds is 4. The lowest BCUT2D eigenvalue weighted by atomic mass is 10.0. The number of carbonyl (C=O) groups is 1. The van der Waals surface area contributed by atoms with E-state index in [9.17, 15) is 4.79 Å². The van der Waals surface area contributed by atoms with Crippen LogP contribution in [0.25, 0.3) is 0 Å². The van der Waals surface area contributed by atoms with Crippen LogP contribution in [0, 0.1) is 0 Å². The normalized spacial score (nSPS) is 19.9. The van der Waals surface area contributed by atoms with E-state index < -0.39 is 0 Å². The van der Waals surface area contributed by atoms with Crippen LogP contribution in [-0.2, 0) is 0 Å². The van der Waals surface area contributed by atoms with Crippen LogP contribution in [-0.4, -0.2) is 36.5 Å². The highest BCUT2D eigenvalue weighted by Crippen LogP contribution is 2.21. The molecule has 1 aliphatic rings. The van der Waals surface area contributed by atoms with Gasteiger partial charge in [0, 0.05) is 28.6 Å². The molecule has 1 aliphatic heterocycles. The van der Waals surface area contributed by atoms with Crippen LogP contribution in [0.5, 0.6) is 0 Å². The molecule has 3 nitrogen and oxygen atoms in total. The van der Waals surface area contributed by atoms with Crippen molar-refractivity contribution in [2.45, 2.75) is 32.2 Å². The number of carbonyl (C=O) groups excluding carboxylic acids is 1. The van der Waals surface area contributed by atoms with E-state index in [0.29, 0.717) is 23.2 Å². The number of piperidine rings is 1. The van der Waals surface area contributed by atoms with Gasteiger partial charge in [0.15, 0.2) is 0 Å². The van der Waals surface area contributed by atoms with Crippen LogP contribution in [0.4, 0.5) is 0 Å².